The SMILES string of the molecule is Nc1ccc(N=Nc2cccnc2)c(N)n1.[Na].[Na]. The minimum Gasteiger partial charge on any atom is -0.384 e. The molecule has 0 aliphatic carbocycles. The zero-order valence-electron chi connectivity index (χ0n) is 10.4. The van der Waals surface area contributed by atoms with E-state index in [1.807, 2.05) is 0 Å². The summed E-state index contributed by atoms with van der Waals surface area (Å²) in [6, 6.07) is 6.85. The van der Waals surface area contributed by atoms with Gasteiger partial charge < -0.3 is 11.5 Å². The summed E-state index contributed by atoms with van der Waals surface area (Å²) in [4.78, 5) is 7.78. The average Bonchev–Trinajstić information content (AvgIpc) is 2.29. The van der Waals surface area contributed by atoms with Crippen LogP contribution in [-0.2, 0) is 0 Å². The molecule has 0 saturated carbocycles. The fourth-order valence-electron chi connectivity index (χ4n) is 1.09. The van der Waals surface area contributed by atoms with Gasteiger partial charge in [0.1, 0.15) is 17.2 Å². The van der Waals surface area contributed by atoms with Gasteiger partial charge in [-0.1, -0.05) is 0 Å². The van der Waals surface area contributed by atoms with Gasteiger partial charge >= 0.3 is 0 Å². The Morgan fingerprint density at radius 2 is 1.78 bits per heavy atom. The summed E-state index contributed by atoms with van der Waals surface area (Å²) in [6.07, 6.45) is 3.27. The fourth-order valence-corrected chi connectivity index (χ4v) is 1.09. The maximum absolute atomic E-state index is 5.63. The van der Waals surface area contributed by atoms with Crippen molar-refractivity contribution in [1.82, 2.24) is 9.97 Å². The number of hydrogen-bond donors (Lipinski definition) is 2. The molecule has 2 aromatic rings. The second-order valence-electron chi connectivity index (χ2n) is 3.05. The molecule has 4 N–H and O–H groups in total. The van der Waals surface area contributed by atoms with Crippen LogP contribution in [-0.4, -0.2) is 69.1 Å². The first-order chi connectivity index (χ1) is 7.75. The molecule has 8 heteroatoms. The summed E-state index contributed by atoms with van der Waals surface area (Å²) >= 11 is 0. The minimum atomic E-state index is 0. The van der Waals surface area contributed by atoms with Crippen molar-refractivity contribution in [1.29, 1.82) is 0 Å². The summed E-state index contributed by atoms with van der Waals surface area (Å²) in [5, 5.41) is 7.93. The van der Waals surface area contributed by atoms with Crippen molar-refractivity contribution >= 4 is 82.1 Å². The molecule has 0 unspecified atom stereocenters. The maximum atomic E-state index is 5.63. The number of hydrogen-bond acceptors (Lipinski definition) is 6. The first kappa shape index (κ1) is 17.5. The minimum absolute atomic E-state index is 0. The van der Waals surface area contributed by atoms with E-state index in [0.717, 1.165) is 0 Å². The van der Waals surface area contributed by atoms with Gasteiger partial charge in [0.05, 0.1) is 6.20 Å². The molecule has 2 aromatic heterocycles. The number of azo groups is 1. The van der Waals surface area contributed by atoms with E-state index in [9.17, 15) is 0 Å². The van der Waals surface area contributed by atoms with Crippen molar-refractivity contribution in [3.05, 3.63) is 36.7 Å². The average molecular weight is 260 g/mol. The molecule has 0 aliphatic rings. The van der Waals surface area contributed by atoms with Gasteiger partial charge in [0, 0.05) is 65.3 Å². The summed E-state index contributed by atoms with van der Waals surface area (Å²) in [6.45, 7) is 0. The van der Waals surface area contributed by atoms with Crippen LogP contribution in [0.1, 0.15) is 0 Å². The van der Waals surface area contributed by atoms with Crippen molar-refractivity contribution in [2.24, 2.45) is 10.2 Å². The van der Waals surface area contributed by atoms with E-state index in [2.05, 4.69) is 20.2 Å². The van der Waals surface area contributed by atoms with Crippen molar-refractivity contribution in [3.8, 4) is 0 Å². The normalized spacial score (nSPS) is 9.56. The monoisotopic (exact) mass is 260 g/mol. The number of rotatable bonds is 2. The number of pyridine rings is 2. The first-order valence-electron chi connectivity index (χ1n) is 4.59. The number of nitrogens with zero attached hydrogens (tertiary/aromatic N) is 4. The predicted octanol–water partition coefficient (Wildman–Crippen LogP) is 1.29. The van der Waals surface area contributed by atoms with Gasteiger partial charge in [0.25, 0.3) is 0 Å². The molecule has 82 valence electrons. The van der Waals surface area contributed by atoms with E-state index in [-0.39, 0.29) is 64.9 Å². The molecule has 2 heterocycles. The zero-order chi connectivity index (χ0) is 11.4. The Kier molecular flexibility index (Phi) is 8.34. The molecular weight excluding hydrogens is 250 g/mol. The molecule has 0 spiro atoms. The van der Waals surface area contributed by atoms with Crippen LogP contribution in [0.25, 0.3) is 0 Å². The fraction of sp³-hybridized carbons (Fsp3) is 0. The van der Waals surface area contributed by atoms with Gasteiger partial charge in [0.2, 0.25) is 0 Å². The van der Waals surface area contributed by atoms with Crippen LogP contribution >= 0.6 is 0 Å². The number of nitrogen functional groups attached to an aromatic ring is 2. The smallest absolute Gasteiger partial charge is 0.153 e. The third-order valence-electron chi connectivity index (χ3n) is 1.84. The molecule has 0 amide bonds. The quantitative estimate of drug-likeness (QED) is 0.627. The van der Waals surface area contributed by atoms with Gasteiger partial charge in [-0.2, -0.15) is 0 Å². The molecule has 18 heavy (non-hydrogen) atoms. The second-order valence-corrected chi connectivity index (χ2v) is 3.05. The van der Waals surface area contributed by atoms with E-state index in [4.69, 9.17) is 11.5 Å². The molecule has 2 radical (unpaired) electrons. The predicted molar refractivity (Wildman–Crippen MR) is 73.0 cm³/mol. The zero-order valence-corrected chi connectivity index (χ0v) is 14.4. The Morgan fingerprint density at radius 1 is 1.00 bits per heavy atom. The van der Waals surface area contributed by atoms with Crippen LogP contribution in [0.4, 0.5) is 23.0 Å². The molecule has 0 fully saturated rings. The maximum Gasteiger partial charge on any atom is 0.153 e. The molecule has 2 rings (SSSR count). The van der Waals surface area contributed by atoms with Crippen LogP contribution in [0.2, 0.25) is 0 Å². The molecule has 0 aliphatic heterocycles. The largest absolute Gasteiger partial charge is 0.384 e. The Hall–Kier alpha value is -0.500. The van der Waals surface area contributed by atoms with E-state index in [1.165, 1.54) is 0 Å². The molecular formula is C10H10N6Na2. The summed E-state index contributed by atoms with van der Waals surface area (Å²) < 4.78 is 0. The van der Waals surface area contributed by atoms with Crippen molar-refractivity contribution in [2.75, 3.05) is 11.5 Å². The van der Waals surface area contributed by atoms with Crippen LogP contribution < -0.4 is 11.5 Å². The van der Waals surface area contributed by atoms with Gasteiger partial charge in [-0.25, -0.2) is 4.98 Å². The standard InChI is InChI=1S/C10H10N6.2Na/c11-9-4-3-8(10(12)14-9)16-15-7-2-1-5-13-6-7;;/h1-6H,(H4,11,12,14);;. The molecule has 6 nitrogen and oxygen atoms in total. The summed E-state index contributed by atoms with van der Waals surface area (Å²) in [5.74, 6) is 0.616. The second kappa shape index (κ2) is 8.58. The number of aromatic nitrogens is 2. The summed E-state index contributed by atoms with van der Waals surface area (Å²) in [5.41, 5.74) is 12.2. The van der Waals surface area contributed by atoms with Gasteiger partial charge in [-0.15, -0.1) is 10.2 Å². The van der Waals surface area contributed by atoms with Crippen LogP contribution in [0, 0.1) is 0 Å². The van der Waals surface area contributed by atoms with Crippen molar-refractivity contribution < 1.29 is 0 Å². The Morgan fingerprint density at radius 3 is 2.39 bits per heavy atom. The van der Waals surface area contributed by atoms with Crippen LogP contribution in [0.5, 0.6) is 0 Å². The van der Waals surface area contributed by atoms with Gasteiger partial charge in [-0.3, -0.25) is 4.98 Å². The van der Waals surface area contributed by atoms with E-state index in [1.54, 1.807) is 36.7 Å². The molecule has 0 atom stereocenters. The van der Waals surface area contributed by atoms with E-state index >= 15 is 0 Å². The number of nitrogens with two attached hydrogens (primary N) is 2. The van der Waals surface area contributed by atoms with Gasteiger partial charge in [-0.05, 0) is 24.3 Å². The van der Waals surface area contributed by atoms with Crippen molar-refractivity contribution in [2.45, 2.75) is 0 Å². The number of anilines is 2. The van der Waals surface area contributed by atoms with Crippen LogP contribution in [0.3, 0.4) is 0 Å². The van der Waals surface area contributed by atoms with E-state index in [0.29, 0.717) is 17.2 Å². The Balaban J connectivity index is 0.00000144. The van der Waals surface area contributed by atoms with Crippen molar-refractivity contribution in [3.63, 3.8) is 0 Å². The molecule has 0 aromatic carbocycles. The van der Waals surface area contributed by atoms with Gasteiger partial charge in [0.15, 0.2) is 5.82 Å². The first-order valence-corrected chi connectivity index (χ1v) is 4.59. The Bertz CT molecular complexity index is 517. The third-order valence-corrected chi connectivity index (χ3v) is 1.84. The summed E-state index contributed by atoms with van der Waals surface area (Å²) in [7, 11) is 0. The van der Waals surface area contributed by atoms with E-state index < -0.39 is 0 Å². The topological polar surface area (TPSA) is 103 Å². The Labute approximate surface area is 149 Å². The molecule has 0 bridgehead atoms. The van der Waals surface area contributed by atoms with Crippen LogP contribution in [0.15, 0.2) is 46.9 Å². The third kappa shape index (κ3) is 5.01. The molecule has 0 saturated heterocycles.